The Morgan fingerprint density at radius 2 is 1.61 bits per heavy atom. The SMILES string of the molecule is CC(C)CC(NC(=O)CNC(=O)C(NC(=O)C(N)Cc1ccccc1)C(C)O)C(=O)O. The van der Waals surface area contributed by atoms with Crippen molar-refractivity contribution in [1.82, 2.24) is 16.0 Å². The number of carboxylic acid groups (broad SMARTS) is 1. The van der Waals surface area contributed by atoms with Crippen molar-refractivity contribution < 1.29 is 29.4 Å². The highest BCUT2D eigenvalue weighted by atomic mass is 16.4. The maximum atomic E-state index is 12.4. The van der Waals surface area contributed by atoms with Crippen LogP contribution in [0.2, 0.25) is 0 Å². The second-order valence-corrected chi connectivity index (χ2v) is 7.83. The van der Waals surface area contributed by atoms with E-state index in [2.05, 4.69) is 16.0 Å². The lowest BCUT2D eigenvalue weighted by Gasteiger charge is -2.23. The van der Waals surface area contributed by atoms with Gasteiger partial charge >= 0.3 is 5.97 Å². The highest BCUT2D eigenvalue weighted by Crippen LogP contribution is 2.05. The van der Waals surface area contributed by atoms with Crippen molar-refractivity contribution in [2.75, 3.05) is 6.54 Å². The van der Waals surface area contributed by atoms with Crippen LogP contribution >= 0.6 is 0 Å². The van der Waals surface area contributed by atoms with E-state index in [4.69, 9.17) is 5.73 Å². The fourth-order valence-corrected chi connectivity index (χ4v) is 2.84. The Hall–Kier alpha value is -2.98. The summed E-state index contributed by atoms with van der Waals surface area (Å²) in [5, 5.41) is 26.1. The van der Waals surface area contributed by atoms with Crippen LogP contribution in [-0.2, 0) is 25.6 Å². The molecule has 0 aliphatic carbocycles. The third-order valence-electron chi connectivity index (χ3n) is 4.46. The third kappa shape index (κ3) is 9.58. The smallest absolute Gasteiger partial charge is 0.326 e. The fraction of sp³-hybridized carbons (Fsp3) is 0.524. The van der Waals surface area contributed by atoms with Crippen molar-refractivity contribution in [1.29, 1.82) is 0 Å². The van der Waals surface area contributed by atoms with Gasteiger partial charge in [0.2, 0.25) is 17.7 Å². The summed E-state index contributed by atoms with van der Waals surface area (Å²) in [6, 6.07) is 5.75. The lowest BCUT2D eigenvalue weighted by Crippen LogP contribution is -2.57. The molecular weight excluding hydrogens is 404 g/mol. The number of amides is 3. The van der Waals surface area contributed by atoms with Crippen LogP contribution in [0.1, 0.15) is 32.8 Å². The Labute approximate surface area is 181 Å². The minimum atomic E-state index is -1.33. The van der Waals surface area contributed by atoms with Crippen molar-refractivity contribution in [3.8, 4) is 0 Å². The van der Waals surface area contributed by atoms with Gasteiger partial charge in [0.25, 0.3) is 0 Å². The highest BCUT2D eigenvalue weighted by molar-refractivity contribution is 5.93. The number of carbonyl (C=O) groups excluding carboxylic acids is 3. The van der Waals surface area contributed by atoms with E-state index < -0.39 is 54.5 Å². The highest BCUT2D eigenvalue weighted by Gasteiger charge is 2.28. The molecule has 0 heterocycles. The summed E-state index contributed by atoms with van der Waals surface area (Å²) in [6.07, 6.45) is -0.764. The van der Waals surface area contributed by atoms with Crippen molar-refractivity contribution in [2.45, 2.75) is 57.8 Å². The number of nitrogens with two attached hydrogens (primary N) is 1. The van der Waals surface area contributed by atoms with Gasteiger partial charge in [-0.15, -0.1) is 0 Å². The summed E-state index contributed by atoms with van der Waals surface area (Å²) in [7, 11) is 0. The molecule has 0 aliphatic heterocycles. The number of aliphatic carboxylic acids is 1. The number of nitrogens with one attached hydrogen (secondary N) is 3. The summed E-state index contributed by atoms with van der Waals surface area (Å²) >= 11 is 0. The van der Waals surface area contributed by atoms with E-state index in [1.54, 1.807) is 0 Å². The van der Waals surface area contributed by atoms with Gasteiger partial charge in [-0.3, -0.25) is 14.4 Å². The van der Waals surface area contributed by atoms with Gasteiger partial charge in [0.05, 0.1) is 18.7 Å². The molecule has 0 saturated heterocycles. The third-order valence-corrected chi connectivity index (χ3v) is 4.46. The molecule has 3 amide bonds. The zero-order valence-electron chi connectivity index (χ0n) is 18.0. The average Bonchev–Trinajstić information content (AvgIpc) is 2.69. The Balaban J connectivity index is 2.61. The lowest BCUT2D eigenvalue weighted by atomic mass is 10.0. The molecular formula is C21H32N4O6. The molecule has 0 spiro atoms. The van der Waals surface area contributed by atoms with Crippen LogP contribution in [0.15, 0.2) is 30.3 Å². The predicted octanol–water partition coefficient (Wildman–Crippen LogP) is -0.846. The van der Waals surface area contributed by atoms with Crippen LogP contribution in [0.3, 0.4) is 0 Å². The Morgan fingerprint density at radius 3 is 2.13 bits per heavy atom. The maximum Gasteiger partial charge on any atom is 0.326 e. The zero-order chi connectivity index (χ0) is 23.6. The first-order valence-corrected chi connectivity index (χ1v) is 10.1. The van der Waals surface area contributed by atoms with Crippen LogP contribution < -0.4 is 21.7 Å². The Morgan fingerprint density at radius 1 is 1.00 bits per heavy atom. The molecule has 7 N–H and O–H groups in total. The van der Waals surface area contributed by atoms with Crippen molar-refractivity contribution in [3.05, 3.63) is 35.9 Å². The normalized spacial score (nSPS) is 14.8. The molecule has 1 aromatic carbocycles. The van der Waals surface area contributed by atoms with Crippen molar-refractivity contribution in [2.24, 2.45) is 11.7 Å². The Bertz CT molecular complexity index is 753. The first kappa shape index (κ1) is 26.1. The number of carboxylic acids is 1. The van der Waals surface area contributed by atoms with Crippen LogP contribution in [0.25, 0.3) is 0 Å². The van der Waals surface area contributed by atoms with E-state index in [0.717, 1.165) is 5.56 Å². The summed E-state index contributed by atoms with van der Waals surface area (Å²) in [6.45, 7) is 4.46. The van der Waals surface area contributed by atoms with E-state index in [-0.39, 0.29) is 18.8 Å². The van der Waals surface area contributed by atoms with Gasteiger partial charge in [0, 0.05) is 0 Å². The lowest BCUT2D eigenvalue weighted by molar-refractivity contribution is -0.142. The fourth-order valence-electron chi connectivity index (χ4n) is 2.84. The minimum Gasteiger partial charge on any atom is -0.480 e. The van der Waals surface area contributed by atoms with E-state index in [1.165, 1.54) is 6.92 Å². The van der Waals surface area contributed by atoms with Gasteiger partial charge < -0.3 is 31.9 Å². The van der Waals surface area contributed by atoms with Gasteiger partial charge in [-0.2, -0.15) is 0 Å². The molecule has 0 aromatic heterocycles. The molecule has 172 valence electrons. The molecule has 10 heteroatoms. The van der Waals surface area contributed by atoms with E-state index in [9.17, 15) is 29.4 Å². The molecule has 4 atom stereocenters. The molecule has 4 unspecified atom stereocenters. The number of hydrogen-bond acceptors (Lipinski definition) is 6. The van der Waals surface area contributed by atoms with Crippen molar-refractivity contribution >= 4 is 23.7 Å². The summed E-state index contributed by atoms with van der Waals surface area (Å²) in [4.78, 5) is 48.0. The number of rotatable bonds is 12. The molecule has 0 bridgehead atoms. The Kier molecular flexibility index (Phi) is 10.6. The van der Waals surface area contributed by atoms with E-state index in [0.29, 0.717) is 0 Å². The molecule has 10 nitrogen and oxygen atoms in total. The van der Waals surface area contributed by atoms with Crippen molar-refractivity contribution in [3.63, 3.8) is 0 Å². The minimum absolute atomic E-state index is 0.0471. The molecule has 1 rings (SSSR count). The largest absolute Gasteiger partial charge is 0.480 e. The topological polar surface area (TPSA) is 171 Å². The second kappa shape index (κ2) is 12.7. The molecule has 0 fully saturated rings. The second-order valence-electron chi connectivity index (χ2n) is 7.83. The number of hydrogen-bond donors (Lipinski definition) is 6. The summed E-state index contributed by atoms with van der Waals surface area (Å²) < 4.78 is 0. The molecule has 0 radical (unpaired) electrons. The molecule has 31 heavy (non-hydrogen) atoms. The predicted molar refractivity (Wildman–Crippen MR) is 114 cm³/mol. The monoisotopic (exact) mass is 436 g/mol. The van der Waals surface area contributed by atoms with Gasteiger partial charge in [0.1, 0.15) is 12.1 Å². The van der Waals surface area contributed by atoms with Gasteiger partial charge in [-0.05, 0) is 31.2 Å². The molecule has 1 aromatic rings. The number of aliphatic hydroxyl groups excluding tert-OH is 1. The summed E-state index contributed by atoms with van der Waals surface area (Å²) in [5.74, 6) is -3.24. The maximum absolute atomic E-state index is 12.4. The summed E-state index contributed by atoms with van der Waals surface area (Å²) in [5.41, 5.74) is 6.74. The molecule has 0 saturated carbocycles. The van der Waals surface area contributed by atoms with Crippen LogP contribution in [0, 0.1) is 5.92 Å². The van der Waals surface area contributed by atoms with E-state index >= 15 is 0 Å². The first-order chi connectivity index (χ1) is 14.5. The van der Waals surface area contributed by atoms with Gasteiger partial charge in [-0.1, -0.05) is 44.2 Å². The van der Waals surface area contributed by atoms with Gasteiger partial charge in [-0.25, -0.2) is 4.79 Å². The standard InChI is InChI=1S/C21H32N4O6/c1-12(2)9-16(21(30)31)24-17(27)11-23-20(29)18(13(3)26)25-19(28)15(22)10-14-7-5-4-6-8-14/h4-8,12-13,15-16,18,26H,9-11,22H2,1-3H3,(H,23,29)(H,24,27)(H,25,28)(H,30,31). The van der Waals surface area contributed by atoms with Crippen LogP contribution in [-0.4, -0.2) is 64.7 Å². The number of carbonyl (C=O) groups is 4. The van der Waals surface area contributed by atoms with Crippen LogP contribution in [0.5, 0.6) is 0 Å². The van der Waals surface area contributed by atoms with Crippen LogP contribution in [0.4, 0.5) is 0 Å². The number of aliphatic hydroxyl groups is 1. The van der Waals surface area contributed by atoms with Gasteiger partial charge in [0.15, 0.2) is 0 Å². The molecule has 0 aliphatic rings. The number of benzene rings is 1. The quantitative estimate of drug-likeness (QED) is 0.248. The first-order valence-electron chi connectivity index (χ1n) is 10.1. The zero-order valence-corrected chi connectivity index (χ0v) is 18.0. The average molecular weight is 437 g/mol. The van der Waals surface area contributed by atoms with E-state index in [1.807, 2.05) is 44.2 Å².